The number of benzene rings is 2. The minimum Gasteiger partial charge on any atom is -0.492 e. The van der Waals surface area contributed by atoms with Gasteiger partial charge in [-0.2, -0.15) is 5.10 Å². The molecule has 9 heteroatoms. The van der Waals surface area contributed by atoms with Crippen LogP contribution in [0.2, 0.25) is 0 Å². The Morgan fingerprint density at radius 2 is 1.81 bits per heavy atom. The molecule has 0 atom stereocenters. The van der Waals surface area contributed by atoms with Crippen LogP contribution in [0.5, 0.6) is 5.75 Å². The Morgan fingerprint density at radius 1 is 1.10 bits per heavy atom. The molecule has 0 bridgehead atoms. The lowest BCUT2D eigenvalue weighted by molar-refractivity contribution is 0.103. The molecule has 0 amide bonds. The molecule has 0 radical (unpaired) electrons. The molecule has 3 aromatic rings. The largest absolute Gasteiger partial charge is 0.492 e. The molecule has 0 aliphatic carbocycles. The molecule has 3 rings (SSSR count). The number of aliphatic hydroxyl groups excluding tert-OH is 2. The molecule has 164 valence electrons. The highest BCUT2D eigenvalue weighted by molar-refractivity contribution is 6.11. The van der Waals surface area contributed by atoms with E-state index >= 15 is 0 Å². The highest BCUT2D eigenvalue weighted by Gasteiger charge is 2.18. The molecule has 0 aliphatic heterocycles. The van der Waals surface area contributed by atoms with Crippen LogP contribution in [-0.2, 0) is 0 Å². The van der Waals surface area contributed by atoms with Gasteiger partial charge in [0.05, 0.1) is 30.7 Å². The number of halogens is 1. The molecule has 8 nitrogen and oxygen atoms in total. The van der Waals surface area contributed by atoms with Gasteiger partial charge in [-0.25, -0.2) is 9.07 Å². The van der Waals surface area contributed by atoms with E-state index in [4.69, 9.17) is 20.7 Å². The lowest BCUT2D eigenvalue weighted by atomic mass is 10.1. The first-order valence-electron chi connectivity index (χ1n) is 9.84. The number of carbonyl (C=O) groups excluding carboxylic acids is 1. The van der Waals surface area contributed by atoms with Crippen LogP contribution in [0.1, 0.15) is 15.9 Å². The molecule has 4 N–H and O–H groups in total. The third-order valence-electron chi connectivity index (χ3n) is 4.73. The summed E-state index contributed by atoms with van der Waals surface area (Å²) in [5.41, 5.74) is 7.30. The van der Waals surface area contributed by atoms with Gasteiger partial charge in [0, 0.05) is 25.2 Å². The highest BCUT2D eigenvalue weighted by Crippen LogP contribution is 2.22. The fourth-order valence-electron chi connectivity index (χ4n) is 3.11. The molecule has 0 aliphatic rings. The number of aliphatic hydroxyl groups is 2. The molecule has 0 saturated carbocycles. The molecule has 1 aromatic heterocycles. The van der Waals surface area contributed by atoms with Gasteiger partial charge in [0.2, 0.25) is 0 Å². The van der Waals surface area contributed by atoms with E-state index in [1.807, 2.05) is 4.90 Å². The molecular weight excluding hydrogens is 403 g/mol. The second-order valence-electron chi connectivity index (χ2n) is 6.83. The first-order valence-corrected chi connectivity index (χ1v) is 9.84. The Bertz CT molecular complexity index is 1000. The van der Waals surface area contributed by atoms with Crippen molar-refractivity contribution in [3.63, 3.8) is 0 Å². The molecular formula is C22H25FN4O4. The standard InChI is InChI=1S/C22H25FN4O4/c23-17-4-6-18(7-5-17)27-22(24)20(15-25-27)21(30)16-2-1-3-19(14-16)31-13-10-26(8-11-28)9-12-29/h1-7,14-15,28-29H,8-13,24H2. The molecule has 2 aromatic carbocycles. The van der Waals surface area contributed by atoms with Gasteiger partial charge < -0.3 is 20.7 Å². The molecule has 0 saturated heterocycles. The van der Waals surface area contributed by atoms with Crippen LogP contribution in [0.15, 0.2) is 54.7 Å². The van der Waals surface area contributed by atoms with Gasteiger partial charge in [0.1, 0.15) is 24.0 Å². The normalized spacial score (nSPS) is 11.1. The van der Waals surface area contributed by atoms with Crippen molar-refractivity contribution in [2.75, 3.05) is 45.2 Å². The number of nitrogen functional groups attached to an aromatic ring is 1. The van der Waals surface area contributed by atoms with E-state index in [2.05, 4.69) is 5.10 Å². The summed E-state index contributed by atoms with van der Waals surface area (Å²) in [6.07, 6.45) is 1.39. The van der Waals surface area contributed by atoms with Gasteiger partial charge in [-0.1, -0.05) is 12.1 Å². The number of rotatable bonds is 11. The van der Waals surface area contributed by atoms with Crippen molar-refractivity contribution in [1.29, 1.82) is 0 Å². The number of nitrogens with two attached hydrogens (primary N) is 1. The van der Waals surface area contributed by atoms with E-state index in [0.717, 1.165) is 0 Å². The van der Waals surface area contributed by atoms with Crippen LogP contribution in [-0.4, -0.2) is 70.1 Å². The fourth-order valence-corrected chi connectivity index (χ4v) is 3.11. The summed E-state index contributed by atoms with van der Waals surface area (Å²) in [6, 6.07) is 12.4. The molecule has 0 spiro atoms. The van der Waals surface area contributed by atoms with Crippen molar-refractivity contribution in [1.82, 2.24) is 14.7 Å². The third kappa shape index (κ3) is 5.66. The number of aromatic nitrogens is 2. The molecule has 31 heavy (non-hydrogen) atoms. The zero-order valence-electron chi connectivity index (χ0n) is 16.9. The number of hydrogen-bond donors (Lipinski definition) is 3. The number of anilines is 1. The maximum absolute atomic E-state index is 13.2. The lowest BCUT2D eigenvalue weighted by Gasteiger charge is -2.20. The van der Waals surface area contributed by atoms with Crippen LogP contribution in [0.25, 0.3) is 5.69 Å². The Hall–Kier alpha value is -3.27. The van der Waals surface area contributed by atoms with Crippen molar-refractivity contribution < 1.29 is 24.1 Å². The van der Waals surface area contributed by atoms with Gasteiger partial charge in [-0.15, -0.1) is 0 Å². The van der Waals surface area contributed by atoms with Crippen LogP contribution >= 0.6 is 0 Å². The Labute approximate surface area is 179 Å². The van der Waals surface area contributed by atoms with Crippen LogP contribution in [0.3, 0.4) is 0 Å². The Balaban J connectivity index is 1.69. The lowest BCUT2D eigenvalue weighted by Crippen LogP contribution is -2.33. The van der Waals surface area contributed by atoms with Crippen molar-refractivity contribution in [3.8, 4) is 11.4 Å². The van der Waals surface area contributed by atoms with Crippen LogP contribution < -0.4 is 10.5 Å². The first-order chi connectivity index (χ1) is 15.0. The Morgan fingerprint density at radius 3 is 2.48 bits per heavy atom. The fraction of sp³-hybridized carbons (Fsp3) is 0.273. The molecule has 1 heterocycles. The van der Waals surface area contributed by atoms with E-state index in [1.165, 1.54) is 35.1 Å². The maximum atomic E-state index is 13.2. The van der Waals surface area contributed by atoms with Gasteiger partial charge >= 0.3 is 0 Å². The summed E-state index contributed by atoms with van der Waals surface area (Å²) in [7, 11) is 0. The monoisotopic (exact) mass is 428 g/mol. The zero-order valence-corrected chi connectivity index (χ0v) is 16.9. The summed E-state index contributed by atoms with van der Waals surface area (Å²) in [5.74, 6) is -0.00759. The summed E-state index contributed by atoms with van der Waals surface area (Å²) < 4.78 is 20.3. The van der Waals surface area contributed by atoms with Gasteiger partial charge in [0.25, 0.3) is 0 Å². The third-order valence-corrected chi connectivity index (χ3v) is 4.73. The van der Waals surface area contributed by atoms with E-state index < -0.39 is 0 Å². The van der Waals surface area contributed by atoms with E-state index in [0.29, 0.717) is 43.2 Å². The Kier molecular flexibility index (Phi) is 7.71. The SMILES string of the molecule is Nc1c(C(=O)c2cccc(OCCN(CCO)CCO)c2)cnn1-c1ccc(F)cc1. The predicted octanol–water partition coefficient (Wildman–Crippen LogP) is 1.49. The van der Waals surface area contributed by atoms with E-state index in [-0.39, 0.29) is 36.2 Å². The number of hydrogen-bond acceptors (Lipinski definition) is 7. The van der Waals surface area contributed by atoms with E-state index in [1.54, 1.807) is 24.3 Å². The van der Waals surface area contributed by atoms with Crippen molar-refractivity contribution >= 4 is 11.6 Å². The smallest absolute Gasteiger partial charge is 0.198 e. The van der Waals surface area contributed by atoms with Crippen molar-refractivity contribution in [2.24, 2.45) is 0 Å². The highest BCUT2D eigenvalue weighted by atomic mass is 19.1. The average molecular weight is 428 g/mol. The average Bonchev–Trinajstić information content (AvgIpc) is 3.15. The van der Waals surface area contributed by atoms with Gasteiger partial charge in [0.15, 0.2) is 5.78 Å². The number of ketones is 1. The number of nitrogens with zero attached hydrogens (tertiary/aromatic N) is 3. The second-order valence-corrected chi connectivity index (χ2v) is 6.83. The quantitative estimate of drug-likeness (QED) is 0.397. The van der Waals surface area contributed by atoms with E-state index in [9.17, 15) is 9.18 Å². The van der Waals surface area contributed by atoms with Gasteiger partial charge in [-0.05, 0) is 36.4 Å². The summed E-state index contributed by atoms with van der Waals surface area (Å²) in [5, 5.41) is 22.3. The van der Waals surface area contributed by atoms with Crippen LogP contribution in [0, 0.1) is 5.82 Å². The van der Waals surface area contributed by atoms with Gasteiger partial charge in [-0.3, -0.25) is 9.69 Å². The van der Waals surface area contributed by atoms with Crippen LogP contribution in [0.4, 0.5) is 10.2 Å². The number of carbonyl (C=O) groups is 1. The summed E-state index contributed by atoms with van der Waals surface area (Å²) in [4.78, 5) is 14.8. The summed E-state index contributed by atoms with van der Waals surface area (Å²) >= 11 is 0. The second kappa shape index (κ2) is 10.7. The maximum Gasteiger partial charge on any atom is 0.198 e. The first kappa shape index (κ1) is 22.4. The molecule has 0 fully saturated rings. The van der Waals surface area contributed by atoms with Crippen molar-refractivity contribution in [2.45, 2.75) is 0 Å². The minimum absolute atomic E-state index is 0.00296. The predicted molar refractivity (Wildman–Crippen MR) is 114 cm³/mol. The number of ether oxygens (including phenoxy) is 1. The van der Waals surface area contributed by atoms with Crippen molar-refractivity contribution in [3.05, 3.63) is 71.7 Å². The topological polar surface area (TPSA) is 114 Å². The molecule has 0 unspecified atom stereocenters. The summed E-state index contributed by atoms with van der Waals surface area (Å²) in [6.45, 7) is 1.74. The minimum atomic E-state index is -0.376. The zero-order chi connectivity index (χ0) is 22.2.